The van der Waals surface area contributed by atoms with Crippen molar-refractivity contribution in [2.24, 2.45) is 7.05 Å². The van der Waals surface area contributed by atoms with Crippen LogP contribution in [0.3, 0.4) is 0 Å². The zero-order valence-electron chi connectivity index (χ0n) is 15.8. The van der Waals surface area contributed by atoms with E-state index in [4.69, 9.17) is 4.42 Å². The number of nitriles is 1. The molecule has 0 unspecified atom stereocenters. The SMILES string of the molecule is Cc1cc(C)[n+](C)c(-c2c(C)ccc3c2oc2cc(C)cc(C#N)c23)c1. The molecule has 2 aromatic heterocycles. The number of aromatic nitrogens is 1. The highest BCUT2D eigenvalue weighted by atomic mass is 16.3. The molecule has 0 fully saturated rings. The van der Waals surface area contributed by atoms with Crippen molar-refractivity contribution >= 4 is 21.9 Å². The third kappa shape index (κ3) is 2.30. The number of pyridine rings is 1. The van der Waals surface area contributed by atoms with Crippen LogP contribution in [-0.2, 0) is 7.05 Å². The van der Waals surface area contributed by atoms with Crippen LogP contribution in [0.4, 0.5) is 0 Å². The number of aryl methyl sites for hydroxylation is 4. The predicted octanol–water partition coefficient (Wildman–Crippen LogP) is 5.18. The summed E-state index contributed by atoms with van der Waals surface area (Å²) < 4.78 is 8.51. The molecule has 3 heteroatoms. The van der Waals surface area contributed by atoms with E-state index in [1.165, 1.54) is 11.3 Å². The lowest BCUT2D eigenvalue weighted by Gasteiger charge is -2.08. The van der Waals surface area contributed by atoms with Crippen LogP contribution >= 0.6 is 0 Å². The number of benzene rings is 2. The van der Waals surface area contributed by atoms with Gasteiger partial charge in [-0.3, -0.25) is 0 Å². The van der Waals surface area contributed by atoms with Crippen LogP contribution < -0.4 is 4.57 Å². The standard InChI is InChI=1S/C23H21N2O/c1-13-8-16(4)25(5)19(10-13)21-15(3)6-7-18-22-17(12-24)9-14(2)11-20(22)26-23(18)21/h6-11H,1-5H3/q+1. The number of hydrogen-bond acceptors (Lipinski definition) is 2. The molecule has 0 atom stereocenters. The lowest BCUT2D eigenvalue weighted by molar-refractivity contribution is -0.666. The molecule has 4 rings (SSSR count). The Bertz CT molecular complexity index is 1240. The van der Waals surface area contributed by atoms with Crippen molar-refractivity contribution in [3.8, 4) is 17.3 Å². The Morgan fingerprint density at radius 2 is 1.69 bits per heavy atom. The van der Waals surface area contributed by atoms with Gasteiger partial charge in [-0.1, -0.05) is 12.1 Å². The Kier molecular flexibility index (Phi) is 3.59. The van der Waals surface area contributed by atoms with Crippen molar-refractivity contribution < 1.29 is 8.98 Å². The molecule has 128 valence electrons. The van der Waals surface area contributed by atoms with Crippen molar-refractivity contribution in [2.45, 2.75) is 27.7 Å². The summed E-state index contributed by atoms with van der Waals surface area (Å²) in [5, 5.41) is 11.5. The molecule has 0 bridgehead atoms. The molecule has 0 saturated heterocycles. The van der Waals surface area contributed by atoms with Crippen LogP contribution in [0.15, 0.2) is 40.8 Å². The number of hydrogen-bond donors (Lipinski definition) is 0. The zero-order chi connectivity index (χ0) is 18.6. The minimum absolute atomic E-state index is 0.665. The Hall–Kier alpha value is -3.12. The van der Waals surface area contributed by atoms with Crippen molar-refractivity contribution in [3.63, 3.8) is 0 Å². The topological polar surface area (TPSA) is 40.8 Å². The van der Waals surface area contributed by atoms with E-state index in [2.05, 4.69) is 62.7 Å². The molecule has 0 saturated carbocycles. The third-order valence-corrected chi connectivity index (χ3v) is 5.16. The van der Waals surface area contributed by atoms with E-state index in [-0.39, 0.29) is 0 Å². The first-order valence-corrected chi connectivity index (χ1v) is 8.75. The zero-order valence-corrected chi connectivity index (χ0v) is 15.8. The quantitative estimate of drug-likeness (QED) is 0.447. The highest BCUT2D eigenvalue weighted by Gasteiger charge is 2.23. The lowest BCUT2D eigenvalue weighted by Crippen LogP contribution is -2.35. The molecule has 0 aliphatic rings. The van der Waals surface area contributed by atoms with Crippen LogP contribution in [0.2, 0.25) is 0 Å². The monoisotopic (exact) mass is 341 g/mol. The van der Waals surface area contributed by atoms with Crippen LogP contribution in [0, 0.1) is 39.0 Å². The molecule has 4 aromatic rings. The molecule has 0 N–H and O–H groups in total. The van der Waals surface area contributed by atoms with Gasteiger partial charge in [0.1, 0.15) is 18.2 Å². The summed E-state index contributed by atoms with van der Waals surface area (Å²) in [5.74, 6) is 0. The maximum atomic E-state index is 9.60. The second-order valence-electron chi connectivity index (χ2n) is 7.15. The molecule has 0 radical (unpaired) electrons. The van der Waals surface area contributed by atoms with Crippen molar-refractivity contribution in [1.82, 2.24) is 0 Å². The Morgan fingerprint density at radius 1 is 0.962 bits per heavy atom. The first-order chi connectivity index (χ1) is 12.4. The number of rotatable bonds is 1. The Labute approximate surface area is 153 Å². The fourth-order valence-corrected chi connectivity index (χ4v) is 3.82. The smallest absolute Gasteiger partial charge is 0.216 e. The van der Waals surface area contributed by atoms with Crippen molar-refractivity contribution in [1.29, 1.82) is 5.26 Å². The van der Waals surface area contributed by atoms with Gasteiger partial charge in [-0.15, -0.1) is 0 Å². The molecule has 2 aromatic carbocycles. The molecule has 26 heavy (non-hydrogen) atoms. The van der Waals surface area contributed by atoms with Gasteiger partial charge in [0.2, 0.25) is 5.69 Å². The highest BCUT2D eigenvalue weighted by Crippen LogP contribution is 2.38. The summed E-state index contributed by atoms with van der Waals surface area (Å²) in [6.45, 7) is 8.32. The Balaban J connectivity index is 2.20. The maximum Gasteiger partial charge on any atom is 0.216 e. The van der Waals surface area contributed by atoms with Gasteiger partial charge in [-0.2, -0.15) is 9.83 Å². The van der Waals surface area contributed by atoms with Gasteiger partial charge in [0, 0.05) is 29.8 Å². The Morgan fingerprint density at radius 3 is 2.42 bits per heavy atom. The molecule has 0 amide bonds. The van der Waals surface area contributed by atoms with Gasteiger partial charge >= 0.3 is 0 Å². The minimum atomic E-state index is 0.665. The van der Waals surface area contributed by atoms with Crippen LogP contribution in [0.5, 0.6) is 0 Å². The van der Waals surface area contributed by atoms with E-state index < -0.39 is 0 Å². The lowest BCUT2D eigenvalue weighted by atomic mass is 9.98. The number of fused-ring (bicyclic) bond motifs is 3. The normalized spacial score (nSPS) is 11.2. The van der Waals surface area contributed by atoms with Crippen LogP contribution in [-0.4, -0.2) is 0 Å². The van der Waals surface area contributed by atoms with Gasteiger partial charge in [-0.25, -0.2) is 0 Å². The third-order valence-electron chi connectivity index (χ3n) is 5.16. The summed E-state index contributed by atoms with van der Waals surface area (Å²) in [6, 6.07) is 14.8. The average Bonchev–Trinajstić information content (AvgIpc) is 2.95. The van der Waals surface area contributed by atoms with Gasteiger partial charge in [0.25, 0.3) is 0 Å². The molecular formula is C23H21N2O+. The van der Waals surface area contributed by atoms with Crippen molar-refractivity contribution in [2.75, 3.05) is 0 Å². The second-order valence-corrected chi connectivity index (χ2v) is 7.15. The van der Waals surface area contributed by atoms with Crippen LogP contribution in [0.25, 0.3) is 33.2 Å². The largest absolute Gasteiger partial charge is 0.455 e. The first kappa shape index (κ1) is 16.4. The van der Waals surface area contributed by atoms with Gasteiger partial charge < -0.3 is 4.42 Å². The summed E-state index contributed by atoms with van der Waals surface area (Å²) in [6.07, 6.45) is 0. The summed E-state index contributed by atoms with van der Waals surface area (Å²) in [4.78, 5) is 0. The molecule has 0 spiro atoms. The number of nitrogens with zero attached hydrogens (tertiary/aromatic N) is 2. The molecule has 2 heterocycles. The van der Waals surface area contributed by atoms with E-state index in [1.807, 2.05) is 19.1 Å². The summed E-state index contributed by atoms with van der Waals surface area (Å²) in [7, 11) is 2.08. The average molecular weight is 341 g/mol. The summed E-state index contributed by atoms with van der Waals surface area (Å²) in [5.41, 5.74) is 9.11. The molecule has 3 nitrogen and oxygen atoms in total. The van der Waals surface area contributed by atoms with E-state index in [1.54, 1.807) is 0 Å². The minimum Gasteiger partial charge on any atom is -0.455 e. The summed E-state index contributed by atoms with van der Waals surface area (Å²) >= 11 is 0. The predicted molar refractivity (Wildman–Crippen MR) is 104 cm³/mol. The van der Waals surface area contributed by atoms with Crippen LogP contribution in [0.1, 0.15) is 27.9 Å². The molecular weight excluding hydrogens is 320 g/mol. The fourth-order valence-electron chi connectivity index (χ4n) is 3.82. The molecule has 0 aliphatic carbocycles. The van der Waals surface area contributed by atoms with Gasteiger partial charge in [0.05, 0.1) is 17.2 Å². The highest BCUT2D eigenvalue weighted by molar-refractivity contribution is 6.12. The fraction of sp³-hybridized carbons (Fsp3) is 0.217. The van der Waals surface area contributed by atoms with E-state index in [0.29, 0.717) is 5.56 Å². The molecule has 0 aliphatic heterocycles. The van der Waals surface area contributed by atoms with Crippen molar-refractivity contribution in [3.05, 3.63) is 64.3 Å². The van der Waals surface area contributed by atoms with Gasteiger partial charge in [0.15, 0.2) is 5.69 Å². The van der Waals surface area contributed by atoms with Gasteiger partial charge in [-0.05, 0) is 49.6 Å². The maximum absolute atomic E-state index is 9.60. The first-order valence-electron chi connectivity index (χ1n) is 8.75. The van der Waals surface area contributed by atoms with E-state index in [9.17, 15) is 5.26 Å². The second kappa shape index (κ2) is 5.71. The number of furan rings is 1. The van der Waals surface area contributed by atoms with E-state index >= 15 is 0 Å². The van der Waals surface area contributed by atoms with E-state index in [0.717, 1.165) is 44.3 Å².